The van der Waals surface area contributed by atoms with Crippen molar-refractivity contribution in [3.63, 3.8) is 0 Å². The van der Waals surface area contributed by atoms with E-state index in [1.807, 2.05) is 6.92 Å². The second-order valence-electron chi connectivity index (χ2n) is 7.56. The maximum atomic E-state index is 12.2. The van der Waals surface area contributed by atoms with Gasteiger partial charge in [0.2, 0.25) is 0 Å². The van der Waals surface area contributed by atoms with Gasteiger partial charge in [-0.05, 0) is 31.2 Å². The van der Waals surface area contributed by atoms with Crippen molar-refractivity contribution >= 4 is 34.5 Å². The topological polar surface area (TPSA) is 112 Å². The summed E-state index contributed by atoms with van der Waals surface area (Å²) in [6.45, 7) is 8.86. The number of benzene rings is 1. The highest BCUT2D eigenvalue weighted by atomic mass is 32.2. The van der Waals surface area contributed by atoms with Crippen molar-refractivity contribution in [1.29, 1.82) is 0 Å². The lowest BCUT2D eigenvalue weighted by atomic mass is 10.3. The maximum absolute atomic E-state index is 12.2. The predicted octanol–water partition coefficient (Wildman–Crippen LogP) is 2.98. The molecule has 1 aromatic carbocycles. The summed E-state index contributed by atoms with van der Waals surface area (Å²) in [5, 5.41) is 12.5. The van der Waals surface area contributed by atoms with E-state index in [0.717, 1.165) is 22.6 Å². The maximum Gasteiger partial charge on any atom is 0.258 e. The molecule has 10 nitrogen and oxygen atoms in total. The smallest absolute Gasteiger partial charge is 0.258 e. The third-order valence-electron chi connectivity index (χ3n) is 4.63. The van der Waals surface area contributed by atoms with Crippen molar-refractivity contribution < 1.29 is 19.0 Å². The average Bonchev–Trinajstić information content (AvgIpc) is 3.23. The molecule has 2 aromatic heterocycles. The number of carbonyl (C=O) groups is 1. The quantitative estimate of drug-likeness (QED) is 0.201. The predicted molar refractivity (Wildman–Crippen MR) is 133 cm³/mol. The van der Waals surface area contributed by atoms with Crippen molar-refractivity contribution in [1.82, 2.24) is 25.1 Å². The Bertz CT molecular complexity index is 1060. The number of anilines is 1. The van der Waals surface area contributed by atoms with E-state index in [-0.39, 0.29) is 12.5 Å². The Morgan fingerprint density at radius 3 is 2.62 bits per heavy atom. The van der Waals surface area contributed by atoms with Crippen molar-refractivity contribution in [2.45, 2.75) is 37.7 Å². The summed E-state index contributed by atoms with van der Waals surface area (Å²) in [5.74, 6) is 1.85. The Labute approximate surface area is 203 Å². The van der Waals surface area contributed by atoms with Crippen molar-refractivity contribution in [3.8, 4) is 11.5 Å². The van der Waals surface area contributed by atoms with Gasteiger partial charge in [0.15, 0.2) is 17.4 Å². The Kier molecular flexibility index (Phi) is 9.77. The fourth-order valence-corrected chi connectivity index (χ4v) is 3.76. The van der Waals surface area contributed by atoms with Crippen molar-refractivity contribution in [3.05, 3.63) is 30.5 Å². The van der Waals surface area contributed by atoms with E-state index in [1.54, 1.807) is 54.0 Å². The van der Waals surface area contributed by atoms with Gasteiger partial charge in [-0.2, -0.15) is 5.10 Å². The molecule has 0 aliphatic rings. The van der Waals surface area contributed by atoms with Crippen LogP contribution in [0.5, 0.6) is 11.5 Å². The number of amides is 1. The van der Waals surface area contributed by atoms with Gasteiger partial charge in [0.05, 0.1) is 31.8 Å². The summed E-state index contributed by atoms with van der Waals surface area (Å²) in [6, 6.07) is 7.08. The Balaban J connectivity index is 1.59. The number of rotatable bonds is 14. The minimum Gasteiger partial charge on any atom is -0.497 e. The van der Waals surface area contributed by atoms with Crippen LogP contribution in [-0.4, -0.2) is 70.9 Å². The fourth-order valence-electron chi connectivity index (χ4n) is 3.06. The molecule has 34 heavy (non-hydrogen) atoms. The van der Waals surface area contributed by atoms with Gasteiger partial charge in [0.25, 0.3) is 5.91 Å². The normalized spacial score (nSPS) is 11.1. The lowest BCUT2D eigenvalue weighted by Crippen LogP contribution is -2.31. The lowest BCUT2D eigenvalue weighted by molar-refractivity contribution is -0.123. The zero-order valence-electron chi connectivity index (χ0n) is 20.0. The van der Waals surface area contributed by atoms with Crippen LogP contribution >= 0.6 is 11.8 Å². The molecule has 0 saturated carbocycles. The van der Waals surface area contributed by atoms with Gasteiger partial charge in [0, 0.05) is 24.9 Å². The average molecular weight is 489 g/mol. The Morgan fingerprint density at radius 2 is 1.91 bits per heavy atom. The fraction of sp³-hybridized carbons (Fsp3) is 0.478. The van der Waals surface area contributed by atoms with Crippen molar-refractivity contribution in [2.24, 2.45) is 0 Å². The van der Waals surface area contributed by atoms with Crippen LogP contribution in [0.2, 0.25) is 0 Å². The first-order chi connectivity index (χ1) is 16.5. The van der Waals surface area contributed by atoms with Crippen LogP contribution in [-0.2, 0) is 16.1 Å². The third kappa shape index (κ3) is 7.49. The van der Waals surface area contributed by atoms with Gasteiger partial charge in [-0.15, -0.1) is 0 Å². The van der Waals surface area contributed by atoms with E-state index >= 15 is 0 Å². The summed E-state index contributed by atoms with van der Waals surface area (Å²) in [6.07, 6.45) is 1.75. The molecule has 11 heteroatoms. The molecule has 0 aliphatic heterocycles. The lowest BCUT2D eigenvalue weighted by Gasteiger charge is -2.11. The second kappa shape index (κ2) is 13.0. The molecular weight excluding hydrogens is 456 g/mol. The molecule has 0 radical (unpaired) electrons. The molecule has 0 bridgehead atoms. The van der Waals surface area contributed by atoms with Crippen LogP contribution in [0.25, 0.3) is 11.0 Å². The first-order valence-electron chi connectivity index (χ1n) is 11.3. The zero-order valence-corrected chi connectivity index (χ0v) is 20.9. The minimum absolute atomic E-state index is 0.0720. The van der Waals surface area contributed by atoms with Crippen molar-refractivity contribution in [2.75, 3.05) is 45.3 Å². The number of hydrogen-bond donors (Lipinski definition) is 2. The number of fused-ring (bicyclic) bond motifs is 1. The molecule has 0 unspecified atom stereocenters. The molecule has 3 rings (SSSR count). The van der Waals surface area contributed by atoms with Crippen LogP contribution in [0.4, 0.5) is 5.82 Å². The molecular formula is C23H32N6O4S. The minimum atomic E-state index is -0.212. The van der Waals surface area contributed by atoms with Crippen LogP contribution < -0.4 is 20.1 Å². The number of carbonyl (C=O) groups excluding carboxylic acids is 1. The summed E-state index contributed by atoms with van der Waals surface area (Å²) >= 11 is 1.59. The first-order valence-corrected chi connectivity index (χ1v) is 12.1. The molecule has 0 atom stereocenters. The molecule has 2 heterocycles. The number of nitrogens with zero attached hydrogens (tertiary/aromatic N) is 4. The van der Waals surface area contributed by atoms with E-state index in [1.165, 1.54) is 0 Å². The van der Waals surface area contributed by atoms with Gasteiger partial charge in [0.1, 0.15) is 17.3 Å². The van der Waals surface area contributed by atoms with Gasteiger partial charge >= 0.3 is 0 Å². The summed E-state index contributed by atoms with van der Waals surface area (Å²) in [7, 11) is 1.60. The number of methoxy groups -OCH3 is 1. The summed E-state index contributed by atoms with van der Waals surface area (Å²) < 4.78 is 17.8. The van der Waals surface area contributed by atoms with Gasteiger partial charge < -0.3 is 24.8 Å². The largest absolute Gasteiger partial charge is 0.497 e. The highest BCUT2D eigenvalue weighted by Gasteiger charge is 2.14. The van der Waals surface area contributed by atoms with Gasteiger partial charge in [-0.3, -0.25) is 4.79 Å². The summed E-state index contributed by atoms with van der Waals surface area (Å²) in [5.41, 5.74) is 0.723. The van der Waals surface area contributed by atoms with Crippen LogP contribution in [0, 0.1) is 0 Å². The summed E-state index contributed by atoms with van der Waals surface area (Å²) in [4.78, 5) is 21.6. The van der Waals surface area contributed by atoms with E-state index in [9.17, 15) is 4.79 Å². The second-order valence-corrected chi connectivity index (χ2v) is 9.11. The molecule has 0 saturated heterocycles. The molecule has 1 amide bonds. The van der Waals surface area contributed by atoms with Crippen LogP contribution in [0.1, 0.15) is 20.8 Å². The van der Waals surface area contributed by atoms with E-state index < -0.39 is 0 Å². The standard InChI is InChI=1S/C23H32N6O4S/c1-5-32-13-11-25-21-19-14-26-29(22(19)28-23(27-21)34-16(2)3)12-10-24-20(30)15-33-18-8-6-17(31-4)7-9-18/h6-9,14,16H,5,10-13,15H2,1-4H3,(H,24,30)(H,25,27,28). The molecule has 3 aromatic rings. The van der Waals surface area contributed by atoms with Crippen LogP contribution in [0.15, 0.2) is 35.6 Å². The number of aromatic nitrogens is 4. The number of hydrogen-bond acceptors (Lipinski definition) is 9. The Morgan fingerprint density at radius 1 is 1.15 bits per heavy atom. The van der Waals surface area contributed by atoms with E-state index in [0.29, 0.717) is 49.0 Å². The zero-order chi connectivity index (χ0) is 24.3. The van der Waals surface area contributed by atoms with E-state index in [2.05, 4.69) is 34.6 Å². The highest BCUT2D eigenvalue weighted by Crippen LogP contribution is 2.26. The van der Waals surface area contributed by atoms with Crippen LogP contribution in [0.3, 0.4) is 0 Å². The molecule has 184 valence electrons. The Hall–Kier alpha value is -3.05. The highest BCUT2D eigenvalue weighted by molar-refractivity contribution is 7.99. The monoisotopic (exact) mass is 488 g/mol. The molecule has 2 N–H and O–H groups in total. The number of thioether (sulfide) groups is 1. The molecule has 0 aliphatic carbocycles. The van der Waals surface area contributed by atoms with Gasteiger partial charge in [-0.1, -0.05) is 25.6 Å². The SMILES string of the molecule is CCOCCNc1nc(SC(C)C)nc2c1cnn2CCNC(=O)COc1ccc(OC)cc1. The molecule has 0 spiro atoms. The molecule has 0 fully saturated rings. The number of ether oxygens (including phenoxy) is 3. The first kappa shape index (κ1) is 25.6. The van der Waals surface area contributed by atoms with Gasteiger partial charge in [-0.25, -0.2) is 14.6 Å². The third-order valence-corrected chi connectivity index (χ3v) is 5.50. The number of nitrogens with one attached hydrogen (secondary N) is 2. The van der Waals surface area contributed by atoms with E-state index in [4.69, 9.17) is 19.2 Å².